The van der Waals surface area contributed by atoms with E-state index in [1.54, 1.807) is 6.20 Å². The molecule has 26 heavy (non-hydrogen) atoms. The van der Waals surface area contributed by atoms with Gasteiger partial charge in [0, 0.05) is 24.2 Å². The molecule has 0 aliphatic rings. The van der Waals surface area contributed by atoms with Crippen molar-refractivity contribution in [2.75, 3.05) is 5.32 Å². The van der Waals surface area contributed by atoms with E-state index in [0.29, 0.717) is 17.7 Å². The fourth-order valence-electron chi connectivity index (χ4n) is 2.61. The number of aryl methyl sites for hydroxylation is 1. The van der Waals surface area contributed by atoms with Crippen LogP contribution in [0.1, 0.15) is 54.4 Å². The van der Waals surface area contributed by atoms with Gasteiger partial charge in [-0.1, -0.05) is 34.6 Å². The molecule has 140 valence electrons. The van der Waals surface area contributed by atoms with Crippen LogP contribution in [0.4, 0.5) is 5.69 Å². The summed E-state index contributed by atoms with van der Waals surface area (Å²) in [6.07, 6.45) is 3.65. The monoisotopic (exact) mass is 356 g/mol. The van der Waals surface area contributed by atoms with E-state index in [9.17, 15) is 0 Å². The van der Waals surface area contributed by atoms with E-state index >= 15 is 0 Å². The van der Waals surface area contributed by atoms with Gasteiger partial charge in [-0.25, -0.2) is 9.67 Å². The van der Waals surface area contributed by atoms with Gasteiger partial charge in [-0.15, -0.1) is 10.2 Å². The summed E-state index contributed by atoms with van der Waals surface area (Å²) in [5.74, 6) is 1.56. The van der Waals surface area contributed by atoms with E-state index in [-0.39, 0.29) is 11.5 Å². The first kappa shape index (κ1) is 18.4. The van der Waals surface area contributed by atoms with Crippen molar-refractivity contribution in [3.63, 3.8) is 0 Å². The second-order valence-corrected chi connectivity index (χ2v) is 8.08. The van der Waals surface area contributed by atoms with E-state index in [0.717, 1.165) is 28.8 Å². The van der Waals surface area contributed by atoms with E-state index in [2.05, 4.69) is 74.1 Å². The Morgan fingerprint density at radius 1 is 1.15 bits per heavy atom. The van der Waals surface area contributed by atoms with Gasteiger partial charge in [0.15, 0.2) is 5.65 Å². The molecule has 3 aromatic heterocycles. The van der Waals surface area contributed by atoms with Gasteiger partial charge in [0.25, 0.3) is 5.89 Å². The van der Waals surface area contributed by atoms with Crippen LogP contribution in [0.3, 0.4) is 0 Å². The number of nitrogens with one attached hydrogen (secondary N) is 1. The highest BCUT2D eigenvalue weighted by Crippen LogP contribution is 2.35. The number of fused-ring (bicyclic) bond motifs is 1. The third-order valence-corrected chi connectivity index (χ3v) is 4.63. The number of aromatic nitrogens is 5. The summed E-state index contributed by atoms with van der Waals surface area (Å²) in [4.78, 5) is 4.61. The normalized spacial score (nSPS) is 13.5. The molecular weight excluding hydrogens is 328 g/mol. The number of nitrogens with zero attached hydrogens (tertiary/aromatic N) is 5. The summed E-state index contributed by atoms with van der Waals surface area (Å²) in [6.45, 7) is 15.5. The van der Waals surface area contributed by atoms with Crippen LogP contribution in [0.25, 0.3) is 22.5 Å². The Balaban J connectivity index is 2.16. The second-order valence-electron chi connectivity index (χ2n) is 8.08. The van der Waals surface area contributed by atoms with Gasteiger partial charge in [0.1, 0.15) is 0 Å². The molecule has 7 nitrogen and oxygen atoms in total. The highest BCUT2D eigenvalue weighted by molar-refractivity contribution is 5.96. The van der Waals surface area contributed by atoms with Crippen LogP contribution in [-0.2, 0) is 12.0 Å². The lowest BCUT2D eigenvalue weighted by Crippen LogP contribution is -2.22. The van der Waals surface area contributed by atoms with Crippen LogP contribution >= 0.6 is 0 Å². The van der Waals surface area contributed by atoms with E-state index in [4.69, 9.17) is 4.42 Å². The first-order chi connectivity index (χ1) is 12.2. The SMILES string of the molecule is CCn1ncc2c(N[C@@H](C)C(C)C)c(-c3nnc(C(C)(C)C)o3)cnc21. The van der Waals surface area contributed by atoms with Gasteiger partial charge >= 0.3 is 0 Å². The molecule has 0 aliphatic carbocycles. The fourth-order valence-corrected chi connectivity index (χ4v) is 2.61. The molecule has 0 saturated carbocycles. The maximum atomic E-state index is 5.97. The van der Waals surface area contributed by atoms with Gasteiger partial charge in [0.2, 0.25) is 5.89 Å². The second kappa shape index (κ2) is 6.70. The summed E-state index contributed by atoms with van der Waals surface area (Å²) >= 11 is 0. The number of rotatable bonds is 5. The Kier molecular flexibility index (Phi) is 4.73. The molecule has 1 N–H and O–H groups in total. The van der Waals surface area contributed by atoms with Crippen molar-refractivity contribution in [1.29, 1.82) is 0 Å². The summed E-state index contributed by atoms with van der Waals surface area (Å²) in [6, 6.07) is 0.273. The summed E-state index contributed by atoms with van der Waals surface area (Å²) < 4.78 is 7.86. The van der Waals surface area contributed by atoms with E-state index < -0.39 is 0 Å². The molecule has 0 unspecified atom stereocenters. The third-order valence-electron chi connectivity index (χ3n) is 4.63. The van der Waals surface area contributed by atoms with Crippen LogP contribution in [0, 0.1) is 5.92 Å². The largest absolute Gasteiger partial charge is 0.420 e. The maximum absolute atomic E-state index is 5.97. The Morgan fingerprint density at radius 2 is 1.88 bits per heavy atom. The lowest BCUT2D eigenvalue weighted by atomic mass is 9.97. The molecule has 0 aromatic carbocycles. The molecule has 3 aromatic rings. The van der Waals surface area contributed by atoms with Crippen molar-refractivity contribution in [3.05, 3.63) is 18.3 Å². The van der Waals surface area contributed by atoms with Crippen molar-refractivity contribution in [3.8, 4) is 11.5 Å². The molecule has 7 heteroatoms. The first-order valence-corrected chi connectivity index (χ1v) is 9.17. The maximum Gasteiger partial charge on any atom is 0.251 e. The van der Waals surface area contributed by atoms with Crippen molar-refractivity contribution >= 4 is 16.7 Å². The minimum Gasteiger partial charge on any atom is -0.420 e. The topological polar surface area (TPSA) is 81.7 Å². The molecule has 3 rings (SSSR count). The highest BCUT2D eigenvalue weighted by Gasteiger charge is 2.25. The van der Waals surface area contributed by atoms with Crippen LogP contribution < -0.4 is 5.32 Å². The Morgan fingerprint density at radius 3 is 2.46 bits per heavy atom. The Hall–Kier alpha value is -2.44. The minimum atomic E-state index is -0.200. The highest BCUT2D eigenvalue weighted by atomic mass is 16.4. The molecule has 3 heterocycles. The molecule has 0 radical (unpaired) electrons. The van der Waals surface area contributed by atoms with Crippen LogP contribution in [0.2, 0.25) is 0 Å². The Bertz CT molecular complexity index is 903. The number of hydrogen-bond acceptors (Lipinski definition) is 6. The molecule has 0 spiro atoms. The molecule has 0 saturated heterocycles. The lowest BCUT2D eigenvalue weighted by Gasteiger charge is -2.21. The average Bonchev–Trinajstić information content (AvgIpc) is 3.21. The number of pyridine rings is 1. The van der Waals surface area contributed by atoms with Gasteiger partial charge in [0.05, 0.1) is 22.8 Å². The predicted octanol–water partition coefficient (Wildman–Crippen LogP) is 4.26. The van der Waals surface area contributed by atoms with E-state index in [1.165, 1.54) is 0 Å². The van der Waals surface area contributed by atoms with Crippen molar-refractivity contribution < 1.29 is 4.42 Å². The number of hydrogen-bond donors (Lipinski definition) is 1. The molecule has 0 amide bonds. The quantitative estimate of drug-likeness (QED) is 0.736. The van der Waals surface area contributed by atoms with Crippen molar-refractivity contribution in [1.82, 2.24) is 25.0 Å². The molecule has 0 fully saturated rings. The van der Waals surface area contributed by atoms with Crippen molar-refractivity contribution in [2.24, 2.45) is 5.92 Å². The smallest absolute Gasteiger partial charge is 0.251 e. The summed E-state index contributed by atoms with van der Waals surface area (Å²) in [7, 11) is 0. The van der Waals surface area contributed by atoms with Gasteiger partial charge in [-0.3, -0.25) is 0 Å². The van der Waals surface area contributed by atoms with E-state index in [1.807, 2.05) is 10.9 Å². The zero-order valence-electron chi connectivity index (χ0n) is 16.7. The van der Waals surface area contributed by atoms with Gasteiger partial charge in [-0.05, 0) is 19.8 Å². The zero-order chi connectivity index (χ0) is 19.1. The predicted molar refractivity (Wildman–Crippen MR) is 103 cm³/mol. The molecule has 0 aliphatic heterocycles. The molecule has 1 atom stereocenters. The lowest BCUT2D eigenvalue weighted by molar-refractivity contribution is 0.399. The average molecular weight is 356 g/mol. The third kappa shape index (κ3) is 3.30. The van der Waals surface area contributed by atoms with Crippen LogP contribution in [0.5, 0.6) is 0 Å². The van der Waals surface area contributed by atoms with Crippen LogP contribution in [-0.4, -0.2) is 31.0 Å². The zero-order valence-corrected chi connectivity index (χ0v) is 16.7. The first-order valence-electron chi connectivity index (χ1n) is 9.17. The van der Waals surface area contributed by atoms with Crippen LogP contribution in [0.15, 0.2) is 16.8 Å². The minimum absolute atomic E-state index is 0.200. The molecular formula is C19H28N6O. The Labute approximate surface area is 154 Å². The van der Waals surface area contributed by atoms with Gasteiger partial charge in [-0.2, -0.15) is 5.10 Å². The standard InChI is InChI=1S/C19H28N6O/c1-8-25-16-13(10-21-25)15(22-12(4)11(2)3)14(9-20-16)17-23-24-18(26-17)19(5,6)7/h9-12H,8H2,1-7H3,(H,20,22)/t12-/m0/s1. The summed E-state index contributed by atoms with van der Waals surface area (Å²) in [5, 5.41) is 17.5. The van der Waals surface area contributed by atoms with Gasteiger partial charge < -0.3 is 9.73 Å². The fraction of sp³-hybridized carbons (Fsp3) is 0.579. The summed E-state index contributed by atoms with van der Waals surface area (Å²) in [5.41, 5.74) is 2.41. The molecule has 0 bridgehead atoms. The van der Waals surface area contributed by atoms with Crippen molar-refractivity contribution in [2.45, 2.75) is 66.5 Å². The number of anilines is 1.